The minimum Gasteiger partial charge on any atom is -0.493 e. The van der Waals surface area contributed by atoms with Crippen LogP contribution in [0.2, 0.25) is 0 Å². The number of benzene rings is 2. The minimum atomic E-state index is -0.575. The van der Waals surface area contributed by atoms with E-state index in [2.05, 4.69) is 31.3 Å². The second-order valence-electron chi connectivity index (χ2n) is 7.46. The van der Waals surface area contributed by atoms with Crippen molar-refractivity contribution in [1.82, 2.24) is 14.8 Å². The predicted octanol–water partition coefficient (Wildman–Crippen LogP) is 5.20. The van der Waals surface area contributed by atoms with E-state index in [4.69, 9.17) is 14.2 Å². The molecule has 0 amide bonds. The lowest BCUT2D eigenvalue weighted by atomic mass is 9.95. The molecule has 1 aliphatic rings. The van der Waals surface area contributed by atoms with Crippen LogP contribution in [0.4, 0.5) is 5.95 Å². The molecular weight excluding hydrogens is 520 g/mol. The van der Waals surface area contributed by atoms with Crippen LogP contribution >= 0.6 is 27.7 Å². The van der Waals surface area contributed by atoms with Gasteiger partial charge >= 0.3 is 5.97 Å². The highest BCUT2D eigenvalue weighted by Gasteiger charge is 2.36. The van der Waals surface area contributed by atoms with E-state index < -0.39 is 12.0 Å². The van der Waals surface area contributed by atoms with Crippen molar-refractivity contribution in [3.63, 3.8) is 0 Å². The number of nitrogens with zero attached hydrogens (tertiary/aromatic N) is 3. The molecule has 1 aliphatic heterocycles. The normalized spacial score (nSPS) is 14.9. The molecule has 0 saturated heterocycles. The number of hydrogen-bond donors (Lipinski definition) is 1. The van der Waals surface area contributed by atoms with Gasteiger partial charge in [0, 0.05) is 5.70 Å². The molecule has 178 valence electrons. The van der Waals surface area contributed by atoms with Crippen molar-refractivity contribution < 1.29 is 19.0 Å². The molecule has 0 bridgehead atoms. The van der Waals surface area contributed by atoms with Gasteiger partial charge in [-0.2, -0.15) is 4.98 Å². The zero-order chi connectivity index (χ0) is 24.2. The number of allylic oxidation sites excluding steroid dienone is 1. The largest absolute Gasteiger partial charge is 0.493 e. The zero-order valence-electron chi connectivity index (χ0n) is 19.3. The average molecular weight is 545 g/mol. The van der Waals surface area contributed by atoms with Crippen LogP contribution in [0.25, 0.3) is 0 Å². The third kappa shape index (κ3) is 4.78. The van der Waals surface area contributed by atoms with Crippen LogP contribution in [0.5, 0.6) is 11.5 Å². The van der Waals surface area contributed by atoms with E-state index >= 15 is 0 Å². The molecule has 2 heterocycles. The van der Waals surface area contributed by atoms with Crippen molar-refractivity contribution in [3.05, 3.63) is 69.3 Å². The number of rotatable bonds is 8. The Morgan fingerprint density at radius 3 is 2.65 bits per heavy atom. The van der Waals surface area contributed by atoms with Crippen molar-refractivity contribution in [2.75, 3.05) is 25.3 Å². The Bertz CT molecular complexity index is 1230. The second-order valence-corrected chi connectivity index (χ2v) is 9.55. The number of aromatic nitrogens is 3. The number of nitrogens with one attached hydrogen (secondary N) is 1. The summed E-state index contributed by atoms with van der Waals surface area (Å²) in [4.78, 5) is 18.0. The topological polar surface area (TPSA) is 87.5 Å². The number of carbonyl (C=O) groups is 1. The number of methoxy groups -OCH3 is 2. The third-order valence-electron chi connectivity index (χ3n) is 5.31. The van der Waals surface area contributed by atoms with E-state index in [0.717, 1.165) is 16.9 Å². The van der Waals surface area contributed by atoms with Gasteiger partial charge in [0.2, 0.25) is 11.1 Å². The van der Waals surface area contributed by atoms with E-state index in [1.54, 1.807) is 18.9 Å². The molecule has 4 rings (SSSR count). The number of fused-ring (bicyclic) bond motifs is 1. The van der Waals surface area contributed by atoms with Gasteiger partial charge in [0.1, 0.15) is 12.6 Å². The maximum Gasteiger partial charge on any atom is 0.338 e. The molecular formula is C24H25BrN4O4S. The van der Waals surface area contributed by atoms with Crippen LogP contribution in [0.3, 0.4) is 0 Å². The van der Waals surface area contributed by atoms with Gasteiger partial charge in [0.25, 0.3) is 0 Å². The minimum absolute atomic E-state index is 0.167. The summed E-state index contributed by atoms with van der Waals surface area (Å²) in [6.45, 7) is 4.05. The quantitative estimate of drug-likeness (QED) is 0.305. The highest BCUT2D eigenvalue weighted by molar-refractivity contribution is 9.10. The molecule has 1 aromatic heterocycles. The lowest BCUT2D eigenvalue weighted by Gasteiger charge is -2.28. The first-order valence-corrected chi connectivity index (χ1v) is 12.4. The molecule has 34 heavy (non-hydrogen) atoms. The highest BCUT2D eigenvalue weighted by Crippen LogP contribution is 2.43. The third-order valence-corrected chi connectivity index (χ3v) is 6.62. The number of ether oxygens (including phenoxy) is 3. The summed E-state index contributed by atoms with van der Waals surface area (Å²) in [5, 5.41) is 8.53. The monoisotopic (exact) mass is 544 g/mol. The van der Waals surface area contributed by atoms with Crippen LogP contribution in [0, 0.1) is 0 Å². The number of esters is 1. The maximum atomic E-state index is 13.4. The molecule has 0 spiro atoms. The summed E-state index contributed by atoms with van der Waals surface area (Å²) in [6, 6.07) is 12.7. The Morgan fingerprint density at radius 1 is 1.21 bits per heavy atom. The summed E-state index contributed by atoms with van der Waals surface area (Å²) in [5.74, 6) is 2.05. The zero-order valence-corrected chi connectivity index (χ0v) is 21.7. The van der Waals surface area contributed by atoms with E-state index in [1.165, 1.54) is 11.8 Å². The second kappa shape index (κ2) is 10.5. The van der Waals surface area contributed by atoms with Crippen molar-refractivity contribution in [3.8, 4) is 11.5 Å². The predicted molar refractivity (Wildman–Crippen MR) is 134 cm³/mol. The Hall–Kier alpha value is -2.98. The summed E-state index contributed by atoms with van der Waals surface area (Å²) in [5.41, 5.74) is 2.78. The van der Waals surface area contributed by atoms with Crippen LogP contribution in [-0.2, 0) is 16.1 Å². The Kier molecular flexibility index (Phi) is 7.47. The van der Waals surface area contributed by atoms with E-state index in [0.29, 0.717) is 38.3 Å². The lowest BCUT2D eigenvalue weighted by molar-refractivity contribution is -0.140. The standard InChI is InChI=1S/C24H25BrN4O4S/c1-5-34-24-27-23-26-14(2)19(22(30)33-13-15-9-7-6-8-10-15)20(29(23)28-24)16-11-17(25)21(32-4)18(12-16)31-3/h6-12,20H,5,13H2,1-4H3,(H,26,27,28). The van der Waals surface area contributed by atoms with Crippen LogP contribution < -0.4 is 14.8 Å². The van der Waals surface area contributed by atoms with E-state index in [9.17, 15) is 4.79 Å². The Balaban J connectivity index is 1.78. The fourth-order valence-corrected chi connectivity index (χ4v) is 4.97. The van der Waals surface area contributed by atoms with Crippen LogP contribution in [-0.4, -0.2) is 40.7 Å². The Labute approximate surface area is 210 Å². The fraction of sp³-hybridized carbons (Fsp3) is 0.292. The fourth-order valence-electron chi connectivity index (χ4n) is 3.79. The molecule has 1 unspecified atom stereocenters. The van der Waals surface area contributed by atoms with Gasteiger partial charge in [-0.25, -0.2) is 9.48 Å². The van der Waals surface area contributed by atoms with Gasteiger partial charge in [0.05, 0.1) is 24.3 Å². The molecule has 1 atom stereocenters. The molecule has 1 N–H and O–H groups in total. The van der Waals surface area contributed by atoms with Crippen molar-refractivity contribution in [1.29, 1.82) is 0 Å². The van der Waals surface area contributed by atoms with Crippen LogP contribution in [0.1, 0.15) is 31.0 Å². The van der Waals surface area contributed by atoms with Crippen molar-refractivity contribution in [2.24, 2.45) is 0 Å². The number of carbonyl (C=O) groups excluding carboxylic acids is 1. The number of hydrogen-bond acceptors (Lipinski definition) is 8. The number of halogens is 1. The van der Waals surface area contributed by atoms with Gasteiger partial charge in [-0.05, 0) is 51.9 Å². The van der Waals surface area contributed by atoms with Gasteiger partial charge < -0.3 is 19.5 Å². The molecule has 2 aromatic carbocycles. The first-order chi connectivity index (χ1) is 16.5. The van der Waals surface area contributed by atoms with Gasteiger partial charge in [-0.3, -0.25) is 0 Å². The summed E-state index contributed by atoms with van der Waals surface area (Å²) in [6.07, 6.45) is 0. The summed E-state index contributed by atoms with van der Waals surface area (Å²) < 4.78 is 19.2. The molecule has 8 nitrogen and oxygen atoms in total. The summed E-state index contributed by atoms with van der Waals surface area (Å²) >= 11 is 5.10. The maximum absolute atomic E-state index is 13.4. The SMILES string of the molecule is CCSc1nc2n(n1)C(c1cc(Br)c(OC)c(OC)c1)C(C(=O)OCc1ccccc1)=C(C)N2. The molecule has 0 fully saturated rings. The van der Waals surface area contributed by atoms with Crippen molar-refractivity contribution in [2.45, 2.75) is 31.7 Å². The molecule has 0 aliphatic carbocycles. The lowest BCUT2D eigenvalue weighted by Crippen LogP contribution is -2.29. The molecule has 0 radical (unpaired) electrons. The molecule has 3 aromatic rings. The van der Waals surface area contributed by atoms with Crippen molar-refractivity contribution >= 4 is 39.6 Å². The van der Waals surface area contributed by atoms with E-state index in [1.807, 2.05) is 56.3 Å². The first kappa shape index (κ1) is 24.2. The van der Waals surface area contributed by atoms with E-state index in [-0.39, 0.29) is 6.61 Å². The van der Waals surface area contributed by atoms with Gasteiger partial charge in [-0.1, -0.05) is 49.0 Å². The van der Waals surface area contributed by atoms with Gasteiger partial charge in [-0.15, -0.1) is 5.10 Å². The molecule has 0 saturated carbocycles. The van der Waals surface area contributed by atoms with Crippen LogP contribution in [0.15, 0.2) is 63.4 Å². The highest BCUT2D eigenvalue weighted by atomic mass is 79.9. The first-order valence-electron chi connectivity index (χ1n) is 10.7. The van der Waals surface area contributed by atoms with Gasteiger partial charge in [0.15, 0.2) is 11.5 Å². The average Bonchev–Trinajstić information content (AvgIpc) is 3.23. The molecule has 10 heteroatoms. The smallest absolute Gasteiger partial charge is 0.338 e. The number of thioether (sulfide) groups is 1. The number of anilines is 1. The summed E-state index contributed by atoms with van der Waals surface area (Å²) in [7, 11) is 3.15. The Morgan fingerprint density at radius 2 is 1.97 bits per heavy atom.